The van der Waals surface area contributed by atoms with Crippen LogP contribution in [0, 0.1) is 0 Å². The first-order chi connectivity index (χ1) is 9.12. The van der Waals surface area contributed by atoms with Crippen LogP contribution in [0.25, 0.3) is 0 Å². The van der Waals surface area contributed by atoms with E-state index in [0.29, 0.717) is 0 Å². The van der Waals surface area contributed by atoms with Gasteiger partial charge in [0.15, 0.2) is 0 Å². The Morgan fingerprint density at radius 1 is 1.21 bits per heavy atom. The molecule has 19 heavy (non-hydrogen) atoms. The number of hydrogen-bond acceptors (Lipinski definition) is 3. The maximum Gasteiger partial charge on any atom is 0.119 e. The van der Waals surface area contributed by atoms with Crippen LogP contribution in [0.5, 0.6) is 5.75 Å². The summed E-state index contributed by atoms with van der Waals surface area (Å²) in [6.07, 6.45) is 4.05. The second kappa shape index (κ2) is 8.18. The molecule has 108 valence electrons. The van der Waals surface area contributed by atoms with E-state index in [1.807, 2.05) is 6.07 Å². The van der Waals surface area contributed by atoms with Gasteiger partial charge in [-0.2, -0.15) is 0 Å². The molecule has 1 rings (SSSR count). The van der Waals surface area contributed by atoms with E-state index in [-0.39, 0.29) is 6.04 Å². The van der Waals surface area contributed by atoms with Gasteiger partial charge in [0.2, 0.25) is 0 Å². The molecular formula is C16H27NO2. The monoisotopic (exact) mass is 265 g/mol. The summed E-state index contributed by atoms with van der Waals surface area (Å²) in [5.41, 5.74) is 8.51. The maximum atomic E-state index is 10.0. The van der Waals surface area contributed by atoms with Gasteiger partial charge < -0.3 is 15.6 Å². The van der Waals surface area contributed by atoms with E-state index in [0.717, 1.165) is 37.9 Å². The first-order valence-corrected chi connectivity index (χ1v) is 7.21. The maximum absolute atomic E-state index is 10.0. The van der Waals surface area contributed by atoms with Crippen LogP contribution in [0.1, 0.15) is 44.2 Å². The number of rotatable bonds is 8. The molecule has 0 aliphatic carbocycles. The fraction of sp³-hybridized carbons (Fsp3) is 0.625. The third-order valence-electron chi connectivity index (χ3n) is 3.62. The number of aryl methyl sites for hydroxylation is 2. The number of ether oxygens (including phenoxy) is 1. The molecule has 0 radical (unpaired) electrons. The number of aliphatic hydroxyl groups excluding tert-OH is 1. The highest BCUT2D eigenvalue weighted by atomic mass is 16.5. The Labute approximate surface area is 116 Å². The van der Waals surface area contributed by atoms with E-state index in [4.69, 9.17) is 10.5 Å². The average Bonchev–Trinajstić information content (AvgIpc) is 2.44. The summed E-state index contributed by atoms with van der Waals surface area (Å²) in [6.45, 7) is 4.22. The fourth-order valence-corrected chi connectivity index (χ4v) is 2.35. The topological polar surface area (TPSA) is 55.5 Å². The van der Waals surface area contributed by atoms with Crippen LogP contribution in [-0.4, -0.2) is 24.4 Å². The van der Waals surface area contributed by atoms with E-state index in [1.165, 1.54) is 11.1 Å². The molecule has 0 amide bonds. The number of aliphatic hydroxyl groups is 1. The molecule has 2 atom stereocenters. The van der Waals surface area contributed by atoms with Crippen molar-refractivity contribution in [3.05, 3.63) is 29.3 Å². The SMILES string of the molecule is CCCC(N)C(O)CCc1ccc(OC)cc1CC. The Bertz CT molecular complexity index is 379. The summed E-state index contributed by atoms with van der Waals surface area (Å²) in [6, 6.07) is 6.05. The number of benzene rings is 1. The van der Waals surface area contributed by atoms with Crippen molar-refractivity contribution in [2.75, 3.05) is 7.11 Å². The van der Waals surface area contributed by atoms with Crippen LogP contribution >= 0.6 is 0 Å². The predicted octanol–water partition coefficient (Wildman–Crippen LogP) is 2.68. The molecule has 0 aliphatic rings. The fourth-order valence-electron chi connectivity index (χ4n) is 2.35. The Hall–Kier alpha value is -1.06. The third kappa shape index (κ3) is 4.84. The molecule has 0 spiro atoms. The third-order valence-corrected chi connectivity index (χ3v) is 3.62. The van der Waals surface area contributed by atoms with Crippen LogP contribution in [0.15, 0.2) is 18.2 Å². The van der Waals surface area contributed by atoms with Gasteiger partial charge in [-0.25, -0.2) is 0 Å². The van der Waals surface area contributed by atoms with Gasteiger partial charge in [-0.1, -0.05) is 26.3 Å². The number of hydrogen-bond donors (Lipinski definition) is 2. The van der Waals surface area contributed by atoms with E-state index in [1.54, 1.807) is 7.11 Å². The van der Waals surface area contributed by atoms with Crippen molar-refractivity contribution >= 4 is 0 Å². The van der Waals surface area contributed by atoms with Crippen molar-refractivity contribution in [2.45, 2.75) is 58.1 Å². The van der Waals surface area contributed by atoms with Crippen LogP contribution in [-0.2, 0) is 12.8 Å². The minimum Gasteiger partial charge on any atom is -0.497 e. The Kier molecular flexibility index (Phi) is 6.89. The zero-order chi connectivity index (χ0) is 14.3. The Morgan fingerprint density at radius 2 is 1.95 bits per heavy atom. The molecule has 3 N–H and O–H groups in total. The summed E-state index contributed by atoms with van der Waals surface area (Å²) in [5.74, 6) is 0.892. The van der Waals surface area contributed by atoms with Crippen LogP contribution in [0.3, 0.4) is 0 Å². The summed E-state index contributed by atoms with van der Waals surface area (Å²) < 4.78 is 5.24. The van der Waals surface area contributed by atoms with Crippen molar-refractivity contribution in [1.82, 2.24) is 0 Å². The first kappa shape index (κ1) is 16.0. The molecule has 3 heteroatoms. The molecule has 0 fully saturated rings. The quantitative estimate of drug-likeness (QED) is 0.760. The van der Waals surface area contributed by atoms with E-state index in [9.17, 15) is 5.11 Å². The zero-order valence-corrected chi connectivity index (χ0v) is 12.4. The van der Waals surface area contributed by atoms with E-state index < -0.39 is 6.10 Å². The lowest BCUT2D eigenvalue weighted by molar-refractivity contribution is 0.131. The van der Waals surface area contributed by atoms with Gasteiger partial charge in [-0.3, -0.25) is 0 Å². The summed E-state index contributed by atoms with van der Waals surface area (Å²) in [4.78, 5) is 0. The van der Waals surface area contributed by atoms with E-state index >= 15 is 0 Å². The predicted molar refractivity (Wildman–Crippen MR) is 79.6 cm³/mol. The largest absolute Gasteiger partial charge is 0.497 e. The van der Waals surface area contributed by atoms with Gasteiger partial charge in [-0.05, 0) is 48.9 Å². The van der Waals surface area contributed by atoms with Crippen molar-refractivity contribution in [1.29, 1.82) is 0 Å². The molecule has 1 aromatic rings. The molecule has 0 bridgehead atoms. The normalized spacial score (nSPS) is 14.2. The molecule has 0 saturated heterocycles. The summed E-state index contributed by atoms with van der Waals surface area (Å²) in [5, 5.41) is 10.0. The van der Waals surface area contributed by atoms with Crippen molar-refractivity contribution in [2.24, 2.45) is 5.73 Å². The number of methoxy groups -OCH3 is 1. The Balaban J connectivity index is 2.62. The summed E-state index contributed by atoms with van der Waals surface area (Å²) >= 11 is 0. The molecule has 0 aliphatic heterocycles. The Morgan fingerprint density at radius 3 is 2.53 bits per heavy atom. The average molecular weight is 265 g/mol. The van der Waals surface area contributed by atoms with Gasteiger partial charge >= 0.3 is 0 Å². The van der Waals surface area contributed by atoms with Gasteiger partial charge in [0, 0.05) is 6.04 Å². The molecule has 0 aromatic heterocycles. The first-order valence-electron chi connectivity index (χ1n) is 7.21. The van der Waals surface area contributed by atoms with Crippen molar-refractivity contribution in [3.63, 3.8) is 0 Å². The highest BCUT2D eigenvalue weighted by Crippen LogP contribution is 2.20. The second-order valence-electron chi connectivity index (χ2n) is 5.05. The highest BCUT2D eigenvalue weighted by Gasteiger charge is 2.14. The molecule has 0 heterocycles. The van der Waals surface area contributed by atoms with Gasteiger partial charge in [0.1, 0.15) is 5.75 Å². The standard InChI is InChI=1S/C16H27NO2/c1-4-6-15(17)16(18)10-8-13-7-9-14(19-3)11-12(13)5-2/h7,9,11,15-16,18H,4-6,8,10,17H2,1-3H3. The van der Waals surface area contributed by atoms with E-state index in [2.05, 4.69) is 26.0 Å². The van der Waals surface area contributed by atoms with Crippen LogP contribution in [0.4, 0.5) is 0 Å². The number of nitrogens with two attached hydrogens (primary N) is 1. The second-order valence-corrected chi connectivity index (χ2v) is 5.05. The van der Waals surface area contributed by atoms with Crippen LogP contribution < -0.4 is 10.5 Å². The molecule has 0 saturated carbocycles. The highest BCUT2D eigenvalue weighted by molar-refractivity contribution is 5.35. The van der Waals surface area contributed by atoms with Crippen molar-refractivity contribution in [3.8, 4) is 5.75 Å². The zero-order valence-electron chi connectivity index (χ0n) is 12.4. The lowest BCUT2D eigenvalue weighted by Gasteiger charge is -2.19. The summed E-state index contributed by atoms with van der Waals surface area (Å²) in [7, 11) is 1.68. The molecule has 2 unspecified atom stereocenters. The molecular weight excluding hydrogens is 238 g/mol. The smallest absolute Gasteiger partial charge is 0.119 e. The molecule has 1 aromatic carbocycles. The van der Waals surface area contributed by atoms with Gasteiger partial charge in [0.25, 0.3) is 0 Å². The lowest BCUT2D eigenvalue weighted by atomic mass is 9.96. The van der Waals surface area contributed by atoms with Gasteiger partial charge in [-0.15, -0.1) is 0 Å². The minimum atomic E-state index is -0.410. The van der Waals surface area contributed by atoms with Crippen molar-refractivity contribution < 1.29 is 9.84 Å². The molecule has 3 nitrogen and oxygen atoms in total. The minimum absolute atomic E-state index is 0.103. The lowest BCUT2D eigenvalue weighted by Crippen LogP contribution is -2.34. The van der Waals surface area contributed by atoms with Crippen LogP contribution in [0.2, 0.25) is 0 Å². The van der Waals surface area contributed by atoms with Gasteiger partial charge in [0.05, 0.1) is 13.2 Å².